The van der Waals surface area contributed by atoms with E-state index in [4.69, 9.17) is 23.2 Å². The smallest absolute Gasteiger partial charge is 0.269 e. The number of rotatable bonds is 5. The molecule has 2 unspecified atom stereocenters. The number of benzene rings is 2. The van der Waals surface area contributed by atoms with Crippen LogP contribution in [0, 0.1) is 26.4 Å². The van der Waals surface area contributed by atoms with E-state index in [-0.39, 0.29) is 17.2 Å². The predicted octanol–water partition coefficient (Wildman–Crippen LogP) is 5.70. The van der Waals surface area contributed by atoms with Crippen molar-refractivity contribution in [1.82, 2.24) is 0 Å². The average molecular weight is 489 g/mol. The van der Waals surface area contributed by atoms with Crippen LogP contribution in [0.25, 0.3) is 0 Å². The first-order chi connectivity index (χ1) is 15.4. The molecule has 2 N–H and O–H groups in total. The van der Waals surface area contributed by atoms with Gasteiger partial charge in [-0.1, -0.05) is 44.0 Å². The van der Waals surface area contributed by atoms with Gasteiger partial charge in [0.05, 0.1) is 21.3 Å². The Morgan fingerprint density at radius 3 is 2.39 bits per heavy atom. The number of anilines is 2. The summed E-state index contributed by atoms with van der Waals surface area (Å²) in [5.74, 6) is -0.780. The minimum Gasteiger partial charge on any atom is -0.324 e. The molecule has 33 heavy (non-hydrogen) atoms. The average Bonchev–Trinajstić information content (AvgIpc) is 3.04. The molecule has 0 heterocycles. The van der Waals surface area contributed by atoms with E-state index < -0.39 is 27.1 Å². The van der Waals surface area contributed by atoms with Crippen molar-refractivity contribution in [1.29, 1.82) is 0 Å². The second-order valence-electron chi connectivity index (χ2n) is 9.15. The van der Waals surface area contributed by atoms with Crippen LogP contribution in [0.1, 0.15) is 33.6 Å². The maximum Gasteiger partial charge on any atom is 0.269 e. The molecule has 0 aliphatic heterocycles. The molecular weight excluding hydrogens is 467 g/mol. The number of nitrogens with zero attached hydrogens (tertiary/aromatic N) is 2. The van der Waals surface area contributed by atoms with Gasteiger partial charge >= 0.3 is 0 Å². The highest BCUT2D eigenvalue weighted by Gasteiger charge is 2.76. The Labute approximate surface area is 200 Å². The Morgan fingerprint density at radius 2 is 1.76 bits per heavy atom. The van der Waals surface area contributed by atoms with Crippen LogP contribution in [-0.2, 0) is 9.59 Å². The quantitative estimate of drug-likeness (QED) is 0.318. The fourth-order valence-electron chi connectivity index (χ4n) is 5.07. The lowest BCUT2D eigenvalue weighted by molar-refractivity contribution is -0.384. The van der Waals surface area contributed by atoms with Crippen molar-refractivity contribution in [2.75, 3.05) is 10.7 Å². The number of Topliss-reactive ketones (excluding diaryl/α,β-unsaturated/α-hetero) is 1. The fraction of sp³-hybridized carbons (Fsp3) is 0.348. The summed E-state index contributed by atoms with van der Waals surface area (Å²) in [5, 5.41) is 18.8. The maximum absolute atomic E-state index is 13.7. The van der Waals surface area contributed by atoms with Crippen LogP contribution in [0.3, 0.4) is 0 Å². The maximum atomic E-state index is 13.7. The molecule has 1 amide bonds. The molecule has 2 aromatic rings. The zero-order valence-electron chi connectivity index (χ0n) is 18.2. The summed E-state index contributed by atoms with van der Waals surface area (Å²) < 4.78 is 0. The van der Waals surface area contributed by atoms with E-state index in [1.54, 1.807) is 18.2 Å². The van der Waals surface area contributed by atoms with Crippen LogP contribution in [-0.4, -0.2) is 22.3 Å². The van der Waals surface area contributed by atoms with Gasteiger partial charge in [-0.2, -0.15) is 5.10 Å². The Bertz CT molecular complexity index is 1210. The number of nitro benzene ring substituents is 1. The number of ketones is 1. The SMILES string of the molecule is CC12CCC(C(=O)Nc3cc(Cl)ccc3Cl)(C(=O)C1=NNc1ccc([N+](=O)[O-])cc1)C2(C)C. The molecule has 2 atom stereocenters. The van der Waals surface area contributed by atoms with Gasteiger partial charge < -0.3 is 5.32 Å². The zero-order chi connectivity index (χ0) is 24.2. The van der Waals surface area contributed by atoms with Crippen LogP contribution >= 0.6 is 23.2 Å². The molecule has 2 aromatic carbocycles. The third-order valence-corrected chi connectivity index (χ3v) is 8.08. The normalized spacial score (nSPS) is 26.5. The Morgan fingerprint density at radius 1 is 1.09 bits per heavy atom. The first-order valence-corrected chi connectivity index (χ1v) is 11.1. The lowest BCUT2D eigenvalue weighted by Gasteiger charge is -2.37. The number of non-ortho nitro benzene ring substituents is 1. The van der Waals surface area contributed by atoms with E-state index in [1.807, 2.05) is 20.8 Å². The van der Waals surface area contributed by atoms with Crippen molar-refractivity contribution in [3.8, 4) is 0 Å². The number of nitrogens with one attached hydrogen (secondary N) is 2. The summed E-state index contributed by atoms with van der Waals surface area (Å²) in [5.41, 5.74) is 1.22. The van der Waals surface area contributed by atoms with E-state index in [0.29, 0.717) is 34.3 Å². The van der Waals surface area contributed by atoms with Crippen molar-refractivity contribution in [3.63, 3.8) is 0 Å². The van der Waals surface area contributed by atoms with Gasteiger partial charge in [0.2, 0.25) is 5.91 Å². The molecule has 0 radical (unpaired) electrons. The molecule has 172 valence electrons. The molecule has 0 aromatic heterocycles. The van der Waals surface area contributed by atoms with Gasteiger partial charge in [-0.25, -0.2) is 0 Å². The number of nitro groups is 1. The Kier molecular flexibility index (Phi) is 5.49. The van der Waals surface area contributed by atoms with E-state index in [1.165, 1.54) is 24.3 Å². The van der Waals surface area contributed by atoms with Crippen molar-refractivity contribution < 1.29 is 14.5 Å². The summed E-state index contributed by atoms with van der Waals surface area (Å²) >= 11 is 12.3. The summed E-state index contributed by atoms with van der Waals surface area (Å²) in [4.78, 5) is 37.6. The highest BCUT2D eigenvalue weighted by molar-refractivity contribution is 6.51. The zero-order valence-corrected chi connectivity index (χ0v) is 19.8. The first kappa shape index (κ1) is 23.2. The Balaban J connectivity index is 1.67. The van der Waals surface area contributed by atoms with Crippen LogP contribution in [0.4, 0.5) is 17.1 Å². The number of fused-ring (bicyclic) bond motifs is 2. The van der Waals surface area contributed by atoms with Crippen LogP contribution < -0.4 is 10.7 Å². The molecule has 4 rings (SSSR count). The lowest BCUT2D eigenvalue weighted by Crippen LogP contribution is -2.47. The summed E-state index contributed by atoms with van der Waals surface area (Å²) in [6, 6.07) is 10.5. The van der Waals surface area contributed by atoms with Crippen molar-refractivity contribution in [2.24, 2.45) is 21.3 Å². The van der Waals surface area contributed by atoms with Gasteiger partial charge in [0, 0.05) is 22.6 Å². The third kappa shape index (κ3) is 3.31. The summed E-state index contributed by atoms with van der Waals surface area (Å²) in [7, 11) is 0. The van der Waals surface area contributed by atoms with Crippen LogP contribution in [0.2, 0.25) is 10.0 Å². The van der Waals surface area contributed by atoms with E-state index >= 15 is 0 Å². The Hall–Kier alpha value is -2.97. The van der Waals surface area contributed by atoms with Gasteiger partial charge in [0.15, 0.2) is 5.78 Å². The molecule has 2 saturated carbocycles. The standard InChI is InChI=1S/C23H22Cl2N4O4/c1-21(2)22(3)10-11-23(21,20(31)26-17-12-13(24)4-9-16(17)25)19(30)18(22)28-27-14-5-7-15(8-6-14)29(32)33/h4-9,12,27H,10-11H2,1-3H3,(H,26,31). The molecule has 2 fully saturated rings. The van der Waals surface area contributed by atoms with Gasteiger partial charge in [-0.05, 0) is 48.6 Å². The lowest BCUT2D eigenvalue weighted by atomic mass is 9.64. The molecule has 2 aliphatic carbocycles. The molecule has 0 saturated heterocycles. The number of halogens is 2. The predicted molar refractivity (Wildman–Crippen MR) is 128 cm³/mol. The molecule has 2 aliphatic rings. The van der Waals surface area contributed by atoms with Crippen LogP contribution in [0.15, 0.2) is 47.6 Å². The number of amides is 1. The number of hydrazone groups is 1. The third-order valence-electron chi connectivity index (χ3n) is 7.51. The van der Waals surface area contributed by atoms with E-state index in [2.05, 4.69) is 15.8 Å². The van der Waals surface area contributed by atoms with Crippen LogP contribution in [0.5, 0.6) is 0 Å². The summed E-state index contributed by atoms with van der Waals surface area (Å²) in [6.07, 6.45) is 0.985. The monoisotopic (exact) mass is 488 g/mol. The second-order valence-corrected chi connectivity index (χ2v) is 9.99. The largest absolute Gasteiger partial charge is 0.324 e. The fourth-order valence-corrected chi connectivity index (χ4v) is 5.41. The molecule has 2 bridgehead atoms. The number of carbonyl (C=O) groups is 2. The first-order valence-electron chi connectivity index (χ1n) is 10.3. The minimum atomic E-state index is -1.32. The highest BCUT2D eigenvalue weighted by atomic mass is 35.5. The van der Waals surface area contributed by atoms with E-state index in [0.717, 1.165) is 0 Å². The molecule has 0 spiro atoms. The van der Waals surface area contributed by atoms with Gasteiger partial charge in [0.1, 0.15) is 11.1 Å². The van der Waals surface area contributed by atoms with Gasteiger partial charge in [0.25, 0.3) is 5.69 Å². The molecule has 10 heteroatoms. The van der Waals surface area contributed by atoms with Crippen molar-refractivity contribution in [3.05, 3.63) is 62.6 Å². The molecular formula is C23H22Cl2N4O4. The van der Waals surface area contributed by atoms with E-state index in [9.17, 15) is 19.7 Å². The van der Waals surface area contributed by atoms with Gasteiger partial charge in [-0.3, -0.25) is 25.1 Å². The number of hydrogen-bond donors (Lipinski definition) is 2. The molecule has 8 nitrogen and oxygen atoms in total. The second kappa shape index (κ2) is 7.81. The van der Waals surface area contributed by atoms with Gasteiger partial charge in [-0.15, -0.1) is 0 Å². The highest BCUT2D eigenvalue weighted by Crippen LogP contribution is 2.69. The number of carbonyl (C=O) groups excluding carboxylic acids is 2. The minimum absolute atomic E-state index is 0.0485. The number of hydrogen-bond acceptors (Lipinski definition) is 6. The van der Waals surface area contributed by atoms with Crippen molar-refractivity contribution >= 4 is 57.7 Å². The van der Waals surface area contributed by atoms with Crippen molar-refractivity contribution in [2.45, 2.75) is 33.6 Å². The topological polar surface area (TPSA) is 114 Å². The summed E-state index contributed by atoms with van der Waals surface area (Å²) in [6.45, 7) is 5.76.